The fraction of sp³-hybridized carbons (Fsp3) is 0.476. The van der Waals surface area contributed by atoms with E-state index in [1.54, 1.807) is 4.52 Å². The number of aromatic nitrogens is 3. The number of hydrogen-bond donors (Lipinski definition) is 2. The van der Waals surface area contributed by atoms with Crippen LogP contribution in [0.15, 0.2) is 28.9 Å². The molecule has 9 heteroatoms. The Morgan fingerprint density at radius 3 is 3.07 bits per heavy atom. The number of fused-ring (bicyclic) bond motifs is 3. The molecule has 5 heterocycles. The van der Waals surface area contributed by atoms with Crippen LogP contribution in [0.2, 0.25) is 0 Å². The van der Waals surface area contributed by atoms with Crippen molar-refractivity contribution in [1.29, 1.82) is 0 Å². The Kier molecular flexibility index (Phi) is 3.91. The molecule has 3 aliphatic rings. The van der Waals surface area contributed by atoms with Gasteiger partial charge in [0.05, 0.1) is 17.7 Å². The molecule has 1 amide bonds. The summed E-state index contributed by atoms with van der Waals surface area (Å²) in [5, 5.41) is 14.9. The maximum absolute atomic E-state index is 12.0. The first kappa shape index (κ1) is 17.9. The van der Waals surface area contributed by atoms with Crippen LogP contribution in [0, 0.1) is 12.8 Å². The smallest absolute Gasteiger partial charge is 0.262 e. The van der Waals surface area contributed by atoms with Gasteiger partial charge in [-0.15, -0.1) is 0 Å². The Morgan fingerprint density at radius 1 is 1.43 bits per heavy atom. The fourth-order valence-electron chi connectivity index (χ4n) is 4.34. The molecule has 3 aromatic rings. The number of carbonyl (C=O) groups is 1. The lowest BCUT2D eigenvalue weighted by Gasteiger charge is -2.26. The van der Waals surface area contributed by atoms with E-state index >= 15 is 0 Å². The molecule has 2 aliphatic heterocycles. The summed E-state index contributed by atoms with van der Waals surface area (Å²) >= 11 is 0. The molecule has 3 fully saturated rings. The summed E-state index contributed by atoms with van der Waals surface area (Å²) in [4.78, 5) is 12.0. The first-order valence-electron chi connectivity index (χ1n) is 10.4. The zero-order chi connectivity index (χ0) is 20.3. The number of aryl methyl sites for hydroxylation is 1. The van der Waals surface area contributed by atoms with Gasteiger partial charge in [0.2, 0.25) is 5.91 Å². The Balaban J connectivity index is 1.25. The highest BCUT2D eigenvalue weighted by Gasteiger charge is 2.47. The van der Waals surface area contributed by atoms with Crippen molar-refractivity contribution in [2.24, 2.45) is 5.92 Å². The molecule has 2 saturated heterocycles. The van der Waals surface area contributed by atoms with Gasteiger partial charge in [-0.25, -0.2) is 4.52 Å². The summed E-state index contributed by atoms with van der Waals surface area (Å²) in [5.74, 6) is 1.89. The SMILES string of the molecule is Cc1onc(OC[C@]23CN[C@H](CO2)C3)c1-c1ccn2nc(NC(=O)C3CC3)cc2c1. The zero-order valence-electron chi connectivity index (χ0n) is 16.7. The molecular weight excluding hydrogens is 386 g/mol. The van der Waals surface area contributed by atoms with Crippen LogP contribution in [0.5, 0.6) is 5.88 Å². The average Bonchev–Trinajstić information content (AvgIpc) is 3.07. The molecule has 6 rings (SSSR count). The van der Waals surface area contributed by atoms with Crippen molar-refractivity contribution in [3.63, 3.8) is 0 Å². The highest BCUT2D eigenvalue weighted by atomic mass is 16.6. The normalized spacial score (nSPS) is 25.2. The van der Waals surface area contributed by atoms with Crippen LogP contribution in [-0.4, -0.2) is 52.1 Å². The van der Waals surface area contributed by atoms with Crippen LogP contribution in [0.3, 0.4) is 0 Å². The molecule has 1 saturated carbocycles. The van der Waals surface area contributed by atoms with Crippen molar-refractivity contribution in [2.45, 2.75) is 37.8 Å². The van der Waals surface area contributed by atoms with Crippen LogP contribution in [0.25, 0.3) is 16.6 Å². The van der Waals surface area contributed by atoms with Gasteiger partial charge in [-0.2, -0.15) is 5.10 Å². The van der Waals surface area contributed by atoms with Crippen LogP contribution in [-0.2, 0) is 9.53 Å². The third kappa shape index (κ3) is 3.05. The number of anilines is 1. The molecule has 2 atom stereocenters. The van der Waals surface area contributed by atoms with E-state index < -0.39 is 0 Å². The highest BCUT2D eigenvalue weighted by molar-refractivity contribution is 5.93. The average molecular weight is 409 g/mol. The summed E-state index contributed by atoms with van der Waals surface area (Å²) < 4.78 is 19.2. The molecule has 0 spiro atoms. The Labute approximate surface area is 172 Å². The number of morpholine rings is 1. The van der Waals surface area contributed by atoms with Crippen molar-refractivity contribution in [1.82, 2.24) is 20.1 Å². The number of nitrogens with one attached hydrogen (secondary N) is 2. The second-order valence-corrected chi connectivity index (χ2v) is 8.56. The number of pyridine rings is 1. The van der Waals surface area contributed by atoms with E-state index in [9.17, 15) is 4.79 Å². The van der Waals surface area contributed by atoms with E-state index in [0.29, 0.717) is 30.1 Å². The third-order valence-corrected chi connectivity index (χ3v) is 6.18. The van der Waals surface area contributed by atoms with Crippen molar-refractivity contribution in [3.8, 4) is 17.0 Å². The van der Waals surface area contributed by atoms with Crippen molar-refractivity contribution < 1.29 is 18.8 Å². The molecule has 0 unspecified atom stereocenters. The minimum atomic E-state index is -0.279. The Bertz CT molecular complexity index is 1120. The van der Waals surface area contributed by atoms with Gasteiger partial charge in [0, 0.05) is 30.8 Å². The number of amides is 1. The Hall–Kier alpha value is -2.91. The summed E-state index contributed by atoms with van der Waals surface area (Å²) in [6.45, 7) is 3.82. The monoisotopic (exact) mass is 409 g/mol. The molecule has 1 aliphatic carbocycles. The molecule has 2 bridgehead atoms. The maximum Gasteiger partial charge on any atom is 0.262 e. The third-order valence-electron chi connectivity index (χ3n) is 6.18. The van der Waals surface area contributed by atoms with E-state index in [1.807, 2.05) is 31.3 Å². The van der Waals surface area contributed by atoms with Gasteiger partial charge >= 0.3 is 0 Å². The molecule has 0 radical (unpaired) electrons. The second-order valence-electron chi connectivity index (χ2n) is 8.56. The first-order valence-corrected chi connectivity index (χ1v) is 10.4. The molecule has 3 aromatic heterocycles. The van der Waals surface area contributed by atoms with E-state index in [4.69, 9.17) is 14.0 Å². The number of carbonyl (C=O) groups excluding carboxylic acids is 1. The minimum Gasteiger partial charge on any atom is -0.472 e. The summed E-state index contributed by atoms with van der Waals surface area (Å²) in [6, 6.07) is 6.22. The fourth-order valence-corrected chi connectivity index (χ4v) is 4.34. The first-order chi connectivity index (χ1) is 14.6. The maximum atomic E-state index is 12.0. The van der Waals surface area contributed by atoms with E-state index in [1.165, 1.54) is 0 Å². The van der Waals surface area contributed by atoms with Gasteiger partial charge in [0.15, 0.2) is 5.82 Å². The molecule has 2 N–H and O–H groups in total. The van der Waals surface area contributed by atoms with Crippen LogP contribution >= 0.6 is 0 Å². The van der Waals surface area contributed by atoms with Crippen molar-refractivity contribution in [2.75, 3.05) is 25.1 Å². The second kappa shape index (κ2) is 6.55. The lowest BCUT2D eigenvalue weighted by atomic mass is 10.0. The summed E-state index contributed by atoms with van der Waals surface area (Å²) in [7, 11) is 0. The van der Waals surface area contributed by atoms with Gasteiger partial charge in [-0.05, 0) is 49.0 Å². The Morgan fingerprint density at radius 2 is 2.33 bits per heavy atom. The molecule has 0 aromatic carbocycles. The molecular formula is C21H23N5O4. The predicted octanol–water partition coefficient (Wildman–Crippen LogP) is 2.16. The van der Waals surface area contributed by atoms with Crippen molar-refractivity contribution in [3.05, 3.63) is 30.2 Å². The molecule has 9 nitrogen and oxygen atoms in total. The largest absolute Gasteiger partial charge is 0.472 e. The van der Waals surface area contributed by atoms with Crippen LogP contribution < -0.4 is 15.4 Å². The van der Waals surface area contributed by atoms with E-state index in [-0.39, 0.29) is 17.4 Å². The van der Waals surface area contributed by atoms with Crippen LogP contribution in [0.4, 0.5) is 5.82 Å². The number of hydrogen-bond acceptors (Lipinski definition) is 7. The van der Waals surface area contributed by atoms with Crippen LogP contribution in [0.1, 0.15) is 25.0 Å². The van der Waals surface area contributed by atoms with Crippen molar-refractivity contribution >= 4 is 17.2 Å². The number of rotatable bonds is 6. The highest BCUT2D eigenvalue weighted by Crippen LogP contribution is 2.36. The summed E-state index contributed by atoms with van der Waals surface area (Å²) in [6.07, 6.45) is 4.73. The van der Waals surface area contributed by atoms with Gasteiger partial charge in [0.1, 0.15) is 18.0 Å². The minimum absolute atomic E-state index is 0.0429. The predicted molar refractivity (Wildman–Crippen MR) is 107 cm³/mol. The summed E-state index contributed by atoms with van der Waals surface area (Å²) in [5.41, 5.74) is 2.33. The number of nitrogens with zero attached hydrogens (tertiary/aromatic N) is 3. The zero-order valence-corrected chi connectivity index (χ0v) is 16.7. The van der Waals surface area contributed by atoms with Gasteiger partial charge in [-0.1, -0.05) is 0 Å². The topological polar surface area (TPSA) is 103 Å². The quantitative estimate of drug-likeness (QED) is 0.643. The van der Waals surface area contributed by atoms with E-state index in [2.05, 4.69) is 20.9 Å². The standard InChI is InChI=1S/C21H23N5O4/c1-12-18(20(25-30-12)28-11-21-8-15(9-29-21)22-10-21)14-4-5-26-16(6-14)7-17(24-26)23-19(27)13-2-3-13/h4-7,13,15,22H,2-3,8-11H2,1H3,(H,23,24,27)/t15-,21-/m0/s1. The van der Waals surface area contributed by atoms with Gasteiger partial charge in [0.25, 0.3) is 5.88 Å². The van der Waals surface area contributed by atoms with E-state index in [0.717, 1.165) is 49.1 Å². The number of ether oxygens (including phenoxy) is 2. The molecule has 30 heavy (non-hydrogen) atoms. The van der Waals surface area contributed by atoms with Gasteiger partial charge in [-0.3, -0.25) is 4.79 Å². The van der Waals surface area contributed by atoms with Gasteiger partial charge < -0.3 is 24.6 Å². The molecule has 156 valence electrons. The lowest BCUT2D eigenvalue weighted by Crippen LogP contribution is -2.43. The lowest BCUT2D eigenvalue weighted by molar-refractivity contribution is -0.117.